The summed E-state index contributed by atoms with van der Waals surface area (Å²) in [5.74, 6) is -6.91. The molecule has 4 heterocycles. The van der Waals surface area contributed by atoms with Crippen molar-refractivity contribution >= 4 is 64.7 Å². The van der Waals surface area contributed by atoms with Crippen molar-refractivity contribution in [3.63, 3.8) is 0 Å². The normalized spacial score (nSPS) is 32.8. The Morgan fingerprint density at radius 2 is 0.940 bits per heavy atom. The fourth-order valence-corrected chi connectivity index (χ4v) is 6.40. The summed E-state index contributed by atoms with van der Waals surface area (Å²) in [6.07, 6.45) is -5.92. The van der Waals surface area contributed by atoms with Crippen LogP contribution in [0.15, 0.2) is 0 Å². The van der Waals surface area contributed by atoms with Crippen LogP contribution < -0.4 is 21.3 Å². The summed E-state index contributed by atoms with van der Waals surface area (Å²) in [5, 5.41) is 38.6. The van der Waals surface area contributed by atoms with Gasteiger partial charge < -0.3 is 55.5 Å². The molecule has 0 aromatic carbocycles. The molecule has 0 aromatic heterocycles. The van der Waals surface area contributed by atoms with E-state index in [1.807, 2.05) is 13.8 Å². The van der Waals surface area contributed by atoms with Crippen molar-refractivity contribution in [2.45, 2.75) is 94.2 Å². The molecule has 284 valence electrons. The van der Waals surface area contributed by atoms with E-state index < -0.39 is 95.2 Å². The van der Waals surface area contributed by atoms with Gasteiger partial charge >= 0.3 is 17.9 Å². The van der Waals surface area contributed by atoms with Crippen molar-refractivity contribution in [1.82, 2.24) is 21.3 Å². The third kappa shape index (κ3) is 9.94. The quantitative estimate of drug-likeness (QED) is 0.0889. The lowest BCUT2D eigenvalue weighted by Crippen LogP contribution is -2.56. The molecule has 12 atom stereocenters. The Bertz CT molecular complexity index is 1260. The van der Waals surface area contributed by atoms with Crippen molar-refractivity contribution in [1.29, 1.82) is 0 Å². The Balaban J connectivity index is 0.000000299. The summed E-state index contributed by atoms with van der Waals surface area (Å²) in [7, 11) is 2.93. The Morgan fingerprint density at radius 1 is 0.640 bits per heavy atom. The average molecular weight is 758 g/mol. The van der Waals surface area contributed by atoms with E-state index in [0.29, 0.717) is 13.1 Å². The number of esters is 2. The van der Waals surface area contributed by atoms with Crippen LogP contribution in [0.5, 0.6) is 0 Å². The number of aliphatic carboxylic acids is 1. The van der Waals surface area contributed by atoms with Crippen molar-refractivity contribution in [3.05, 3.63) is 0 Å². The Morgan fingerprint density at radius 3 is 1.22 bits per heavy atom. The lowest BCUT2D eigenvalue weighted by atomic mass is 9.75. The number of carbonyl (C=O) groups is 7. The van der Waals surface area contributed by atoms with Gasteiger partial charge in [-0.3, -0.25) is 28.8 Å². The SMILES string of the molecule is CCCNC(=O)C1C2O[C@@H](C1C(=O)NC)[C@@H](O)C2OC(C)=O.CCCNC(=O)C1C2O[C@@H](C1C(=O)NC)[C@@H](OC(C)=O)C2O.O=C(O)C(Cl)Cl. The summed E-state index contributed by atoms with van der Waals surface area (Å²) in [6, 6.07) is 0. The molecule has 0 radical (unpaired) electrons. The van der Waals surface area contributed by atoms with Gasteiger partial charge in [0, 0.05) is 41.0 Å². The number of nitrogens with one attached hydrogen (secondary N) is 4. The molecule has 0 spiro atoms. The topological polar surface area (TPSA) is 265 Å². The highest BCUT2D eigenvalue weighted by Crippen LogP contribution is 2.46. The smallest absolute Gasteiger partial charge is 0.337 e. The highest BCUT2D eigenvalue weighted by molar-refractivity contribution is 6.52. The van der Waals surface area contributed by atoms with Gasteiger partial charge in [0.1, 0.15) is 36.6 Å². The minimum Gasteiger partial charge on any atom is -0.479 e. The molecule has 4 rings (SSSR count). The zero-order chi connectivity index (χ0) is 38.0. The lowest BCUT2D eigenvalue weighted by molar-refractivity contribution is -0.159. The average Bonchev–Trinajstić information content (AvgIpc) is 3.81. The van der Waals surface area contributed by atoms with Crippen LogP contribution in [0.1, 0.15) is 40.5 Å². The maximum absolute atomic E-state index is 12.4. The van der Waals surface area contributed by atoms with Gasteiger partial charge in [-0.15, -0.1) is 0 Å². The highest BCUT2D eigenvalue weighted by Gasteiger charge is 2.66. The number of carbonyl (C=O) groups excluding carboxylic acids is 6. The van der Waals surface area contributed by atoms with Gasteiger partial charge in [-0.1, -0.05) is 37.0 Å². The van der Waals surface area contributed by atoms with Crippen LogP contribution >= 0.6 is 23.2 Å². The third-order valence-electron chi connectivity index (χ3n) is 8.41. The molecule has 0 aromatic rings. The molecular weight excluding hydrogens is 711 g/mol. The van der Waals surface area contributed by atoms with Gasteiger partial charge in [0.25, 0.3) is 0 Å². The van der Waals surface area contributed by atoms with Crippen LogP contribution in [-0.2, 0) is 52.5 Å². The number of rotatable bonds is 11. The van der Waals surface area contributed by atoms with Gasteiger partial charge in [0.2, 0.25) is 28.5 Å². The maximum Gasteiger partial charge on any atom is 0.337 e. The molecular formula is C30H46Cl2N4O14. The zero-order valence-corrected chi connectivity index (χ0v) is 29.9. The van der Waals surface area contributed by atoms with E-state index in [2.05, 4.69) is 21.3 Å². The van der Waals surface area contributed by atoms with E-state index in [9.17, 15) is 43.8 Å². The largest absolute Gasteiger partial charge is 0.479 e. The fourth-order valence-electron chi connectivity index (χ4n) is 6.40. The number of aliphatic hydroxyl groups is 2. The number of aliphatic hydroxyl groups excluding tert-OH is 2. The first-order valence-electron chi connectivity index (χ1n) is 16.0. The number of carboxylic acids is 1. The molecule has 4 amide bonds. The summed E-state index contributed by atoms with van der Waals surface area (Å²) in [4.78, 5) is 79.4. The van der Waals surface area contributed by atoms with E-state index in [1.165, 1.54) is 27.9 Å². The van der Waals surface area contributed by atoms with E-state index in [0.717, 1.165) is 12.8 Å². The van der Waals surface area contributed by atoms with Crippen molar-refractivity contribution < 1.29 is 67.8 Å². The summed E-state index contributed by atoms with van der Waals surface area (Å²) in [5.41, 5.74) is 0. The number of ether oxygens (including phenoxy) is 4. The van der Waals surface area contributed by atoms with Crippen LogP contribution in [0.25, 0.3) is 0 Å². The predicted octanol–water partition coefficient (Wildman–Crippen LogP) is -2.00. The first-order chi connectivity index (χ1) is 23.5. The maximum atomic E-state index is 12.4. The number of amides is 4. The zero-order valence-electron chi connectivity index (χ0n) is 28.4. The minimum atomic E-state index is -1.29. The Hall–Kier alpha value is -3.29. The first kappa shape index (κ1) is 42.9. The van der Waals surface area contributed by atoms with E-state index in [-0.39, 0.29) is 23.6 Å². The molecule has 4 fully saturated rings. The van der Waals surface area contributed by atoms with Crippen LogP contribution in [0.3, 0.4) is 0 Å². The second kappa shape index (κ2) is 19.4. The van der Waals surface area contributed by atoms with E-state index in [1.54, 1.807) is 0 Å². The summed E-state index contributed by atoms with van der Waals surface area (Å²) in [6.45, 7) is 7.24. The van der Waals surface area contributed by atoms with Gasteiger partial charge in [0.05, 0.1) is 23.7 Å². The summed E-state index contributed by atoms with van der Waals surface area (Å²) < 4.78 is 21.3. The lowest BCUT2D eigenvalue weighted by Gasteiger charge is -2.33. The molecule has 8 unspecified atom stereocenters. The Labute approximate surface area is 298 Å². The number of carboxylic acid groups (broad SMARTS) is 1. The van der Waals surface area contributed by atoms with E-state index >= 15 is 0 Å². The number of fused-ring (bicyclic) bond motifs is 4. The van der Waals surface area contributed by atoms with Crippen LogP contribution in [-0.4, -0.2) is 138 Å². The second-order valence-electron chi connectivity index (χ2n) is 11.8. The second-order valence-corrected chi connectivity index (χ2v) is 12.9. The number of alkyl halides is 2. The number of hydrogen-bond acceptors (Lipinski definition) is 13. The van der Waals surface area contributed by atoms with Crippen LogP contribution in [0, 0.1) is 23.7 Å². The molecule has 50 heavy (non-hydrogen) atoms. The highest BCUT2D eigenvalue weighted by atomic mass is 35.5. The predicted molar refractivity (Wildman–Crippen MR) is 172 cm³/mol. The van der Waals surface area contributed by atoms with Gasteiger partial charge in [0.15, 0.2) is 12.2 Å². The molecule has 0 aliphatic carbocycles. The fraction of sp³-hybridized carbons (Fsp3) is 0.767. The van der Waals surface area contributed by atoms with Crippen LogP contribution in [0.4, 0.5) is 0 Å². The van der Waals surface area contributed by atoms with Crippen molar-refractivity contribution in [2.24, 2.45) is 23.7 Å². The molecule has 7 N–H and O–H groups in total. The van der Waals surface area contributed by atoms with Crippen molar-refractivity contribution in [3.8, 4) is 0 Å². The molecule has 20 heteroatoms. The number of halogens is 2. The van der Waals surface area contributed by atoms with Gasteiger partial charge in [-0.2, -0.15) is 0 Å². The van der Waals surface area contributed by atoms with Gasteiger partial charge in [-0.25, -0.2) is 4.79 Å². The van der Waals surface area contributed by atoms with Crippen LogP contribution in [0.2, 0.25) is 0 Å². The molecule has 4 aliphatic heterocycles. The molecule has 4 aliphatic rings. The summed E-state index contributed by atoms with van der Waals surface area (Å²) >= 11 is 9.56. The first-order valence-corrected chi connectivity index (χ1v) is 16.9. The molecule has 18 nitrogen and oxygen atoms in total. The standard InChI is InChI=1S/2C14H22N2O6.C2H2Cl2O2/c1-4-5-16-14(20)7-8(13(19)15-3)11-12(21-6(2)17)9(18)10(7)22-11;1-4-5-16-14(20)8-7(13(19)15-3)10-9(18)12(11(8)22-10)21-6(2)17;3-1(4)2(5)6/h2*7-12,18H,4-5H2,1-3H3,(H,15,19)(H,16,20);1H,(H,5,6)/t7?,8?,9?,10?,11-,12-;7?,8?,9-,10+,11?,12?;/m01./s1. The molecule has 0 saturated carbocycles. The van der Waals surface area contributed by atoms with E-state index in [4.69, 9.17) is 47.3 Å². The Kier molecular flexibility index (Phi) is 16.6. The number of hydrogen-bond donors (Lipinski definition) is 7. The van der Waals surface area contributed by atoms with Gasteiger partial charge in [-0.05, 0) is 12.8 Å². The molecule has 4 saturated heterocycles. The third-order valence-corrected chi connectivity index (χ3v) is 8.78. The monoisotopic (exact) mass is 756 g/mol. The molecule has 4 bridgehead atoms. The van der Waals surface area contributed by atoms with Crippen molar-refractivity contribution in [2.75, 3.05) is 27.2 Å². The minimum absolute atomic E-state index is 0.327.